The van der Waals surface area contributed by atoms with E-state index in [1.807, 2.05) is 40.1 Å². The summed E-state index contributed by atoms with van der Waals surface area (Å²) in [5, 5.41) is 12.2. The maximum atomic E-state index is 12.6. The van der Waals surface area contributed by atoms with Crippen molar-refractivity contribution in [3.8, 4) is 0 Å². The molecule has 0 N–H and O–H groups in total. The summed E-state index contributed by atoms with van der Waals surface area (Å²) in [7, 11) is 0. The number of piperazine rings is 1. The summed E-state index contributed by atoms with van der Waals surface area (Å²) < 4.78 is 5.39. The van der Waals surface area contributed by atoms with E-state index in [0.717, 1.165) is 10.6 Å². The first kappa shape index (κ1) is 22.7. The fourth-order valence-corrected chi connectivity index (χ4v) is 4.83. The first-order chi connectivity index (χ1) is 15.5. The topological polar surface area (TPSA) is 79.2 Å². The minimum atomic E-state index is -0.330. The Labute approximate surface area is 196 Å². The van der Waals surface area contributed by atoms with Gasteiger partial charge < -0.3 is 19.4 Å². The fourth-order valence-electron chi connectivity index (χ4n) is 3.90. The molecule has 2 aromatic carbocycles. The molecule has 0 aliphatic carbocycles. The Hall–Kier alpha value is -2.49. The van der Waals surface area contributed by atoms with E-state index in [2.05, 4.69) is 4.90 Å². The van der Waals surface area contributed by atoms with Gasteiger partial charge in [0.05, 0.1) is 23.9 Å². The van der Waals surface area contributed by atoms with E-state index in [-0.39, 0.29) is 16.5 Å². The minimum absolute atomic E-state index is 0.113. The van der Waals surface area contributed by atoms with E-state index >= 15 is 0 Å². The smallest absolute Gasteiger partial charge is 0.292 e. The van der Waals surface area contributed by atoms with E-state index in [4.69, 9.17) is 16.3 Å². The summed E-state index contributed by atoms with van der Waals surface area (Å²) in [5.41, 5.74) is 1.69. The van der Waals surface area contributed by atoms with Crippen molar-refractivity contribution in [3.05, 3.63) is 57.6 Å². The number of hydrogen-bond donors (Lipinski definition) is 0. The third-order valence-electron chi connectivity index (χ3n) is 5.68. The molecule has 2 aliphatic heterocycles. The molecule has 2 heterocycles. The van der Waals surface area contributed by atoms with Crippen LogP contribution in [-0.2, 0) is 9.53 Å². The molecule has 0 atom stereocenters. The molecule has 170 valence electrons. The first-order valence-electron chi connectivity index (χ1n) is 10.5. The zero-order valence-electron chi connectivity index (χ0n) is 17.6. The second-order valence-corrected chi connectivity index (χ2v) is 9.13. The Morgan fingerprint density at radius 1 is 1.00 bits per heavy atom. The first-order valence-corrected chi connectivity index (χ1v) is 11.9. The van der Waals surface area contributed by atoms with Gasteiger partial charge in [0.15, 0.2) is 0 Å². The summed E-state index contributed by atoms with van der Waals surface area (Å²) in [4.78, 5) is 30.9. The molecule has 0 aromatic heterocycles. The molecule has 0 radical (unpaired) electrons. The molecular formula is C22H25ClN4O4S. The second-order valence-electron chi connectivity index (χ2n) is 7.64. The Balaban J connectivity index is 1.36. The molecule has 10 heteroatoms. The van der Waals surface area contributed by atoms with Gasteiger partial charge >= 0.3 is 0 Å². The molecule has 0 saturated carbocycles. The SMILES string of the molecule is O=C(CSc1ccc(Cl)cc1)N1CCN(c2ccc([N+](=O)[O-])c(N3CCOCC3)c2)CC1. The van der Waals surface area contributed by atoms with Crippen LogP contribution in [0.1, 0.15) is 0 Å². The standard InChI is InChI=1S/C22H25ClN4O4S/c23-17-1-4-19(5-2-17)32-16-22(28)26-9-7-24(8-10-26)18-3-6-20(27(29)30)21(15-18)25-11-13-31-14-12-25/h1-6,15H,7-14,16H2. The van der Waals surface area contributed by atoms with Crippen LogP contribution in [0.5, 0.6) is 0 Å². The minimum Gasteiger partial charge on any atom is -0.378 e. The lowest BCUT2D eigenvalue weighted by molar-refractivity contribution is -0.384. The summed E-state index contributed by atoms with van der Waals surface area (Å²) >= 11 is 7.41. The van der Waals surface area contributed by atoms with Crippen LogP contribution in [0.15, 0.2) is 47.4 Å². The number of hydrogen-bond acceptors (Lipinski definition) is 7. The summed E-state index contributed by atoms with van der Waals surface area (Å²) in [6.45, 7) is 5.05. The van der Waals surface area contributed by atoms with Crippen molar-refractivity contribution in [2.24, 2.45) is 0 Å². The number of anilines is 2. The van der Waals surface area contributed by atoms with Gasteiger partial charge in [0, 0.05) is 60.9 Å². The second kappa shape index (κ2) is 10.4. The molecular weight excluding hydrogens is 452 g/mol. The number of ether oxygens (including phenoxy) is 1. The number of nitro benzene ring substituents is 1. The van der Waals surface area contributed by atoms with Gasteiger partial charge in [-0.15, -0.1) is 11.8 Å². The van der Waals surface area contributed by atoms with Gasteiger partial charge in [-0.3, -0.25) is 14.9 Å². The number of amides is 1. The zero-order valence-corrected chi connectivity index (χ0v) is 19.2. The molecule has 1 amide bonds. The van der Waals surface area contributed by atoms with Crippen LogP contribution in [0, 0.1) is 10.1 Å². The summed E-state index contributed by atoms with van der Waals surface area (Å²) in [6.07, 6.45) is 0. The van der Waals surface area contributed by atoms with Crippen molar-refractivity contribution in [2.45, 2.75) is 4.90 Å². The quantitative estimate of drug-likeness (QED) is 0.358. The van der Waals surface area contributed by atoms with Gasteiger partial charge in [0.25, 0.3) is 5.69 Å². The molecule has 0 unspecified atom stereocenters. The zero-order chi connectivity index (χ0) is 22.5. The molecule has 8 nitrogen and oxygen atoms in total. The Morgan fingerprint density at radius 3 is 2.34 bits per heavy atom. The van der Waals surface area contributed by atoms with Gasteiger partial charge in [-0.25, -0.2) is 0 Å². The molecule has 2 fully saturated rings. The predicted octanol–water partition coefficient (Wildman–Crippen LogP) is 3.53. The van der Waals surface area contributed by atoms with Crippen LogP contribution in [-0.4, -0.2) is 74.0 Å². The van der Waals surface area contributed by atoms with E-state index in [9.17, 15) is 14.9 Å². The lowest BCUT2D eigenvalue weighted by Crippen LogP contribution is -2.49. The molecule has 0 bridgehead atoms. The van der Waals surface area contributed by atoms with Crippen LogP contribution < -0.4 is 9.80 Å². The molecule has 0 spiro atoms. The van der Waals surface area contributed by atoms with Crippen molar-refractivity contribution in [1.82, 2.24) is 4.90 Å². The number of halogens is 1. The van der Waals surface area contributed by atoms with E-state index < -0.39 is 0 Å². The maximum Gasteiger partial charge on any atom is 0.292 e. The molecule has 2 saturated heterocycles. The van der Waals surface area contributed by atoms with Crippen LogP contribution in [0.2, 0.25) is 5.02 Å². The van der Waals surface area contributed by atoms with E-state index in [1.54, 1.807) is 12.1 Å². The Morgan fingerprint density at radius 2 is 1.69 bits per heavy atom. The summed E-state index contributed by atoms with van der Waals surface area (Å²) in [5.74, 6) is 0.502. The number of carbonyl (C=O) groups excluding carboxylic acids is 1. The van der Waals surface area contributed by atoms with Crippen molar-refractivity contribution in [1.29, 1.82) is 0 Å². The van der Waals surface area contributed by atoms with E-state index in [1.165, 1.54) is 11.8 Å². The number of rotatable bonds is 6. The monoisotopic (exact) mass is 476 g/mol. The summed E-state index contributed by atoms with van der Waals surface area (Å²) in [6, 6.07) is 12.8. The lowest BCUT2D eigenvalue weighted by atomic mass is 10.1. The number of morpholine rings is 1. The van der Waals surface area contributed by atoms with Gasteiger partial charge in [-0.1, -0.05) is 11.6 Å². The predicted molar refractivity (Wildman–Crippen MR) is 127 cm³/mol. The Bertz CT molecular complexity index is 961. The van der Waals surface area contributed by atoms with Crippen LogP contribution in [0.3, 0.4) is 0 Å². The number of carbonyl (C=O) groups is 1. The molecule has 2 aliphatic rings. The van der Waals surface area contributed by atoms with Crippen LogP contribution >= 0.6 is 23.4 Å². The number of thioether (sulfide) groups is 1. The molecule has 2 aromatic rings. The lowest BCUT2D eigenvalue weighted by Gasteiger charge is -2.37. The van der Waals surface area contributed by atoms with E-state index in [0.29, 0.717) is 68.9 Å². The van der Waals surface area contributed by atoms with Crippen molar-refractivity contribution in [2.75, 3.05) is 68.0 Å². The third kappa shape index (κ3) is 5.46. The fraction of sp³-hybridized carbons (Fsp3) is 0.409. The molecule has 32 heavy (non-hydrogen) atoms. The van der Waals surface area contributed by atoms with Crippen molar-refractivity contribution < 1.29 is 14.5 Å². The van der Waals surface area contributed by atoms with Gasteiger partial charge in [0.2, 0.25) is 5.91 Å². The number of benzene rings is 2. The normalized spacial score (nSPS) is 16.8. The van der Waals surface area contributed by atoms with Crippen LogP contribution in [0.4, 0.5) is 17.1 Å². The van der Waals surface area contributed by atoms with Crippen LogP contribution in [0.25, 0.3) is 0 Å². The average molecular weight is 477 g/mol. The van der Waals surface area contributed by atoms with Gasteiger partial charge in [-0.2, -0.15) is 0 Å². The number of nitro groups is 1. The molecule has 4 rings (SSSR count). The van der Waals surface area contributed by atoms with Gasteiger partial charge in [0.1, 0.15) is 5.69 Å². The largest absolute Gasteiger partial charge is 0.378 e. The highest BCUT2D eigenvalue weighted by Gasteiger charge is 2.25. The maximum absolute atomic E-state index is 12.6. The highest BCUT2D eigenvalue weighted by molar-refractivity contribution is 8.00. The highest BCUT2D eigenvalue weighted by Crippen LogP contribution is 2.33. The average Bonchev–Trinajstić information content (AvgIpc) is 2.83. The third-order valence-corrected chi connectivity index (χ3v) is 6.93. The van der Waals surface area contributed by atoms with Crippen molar-refractivity contribution in [3.63, 3.8) is 0 Å². The Kier molecular flexibility index (Phi) is 7.39. The highest BCUT2D eigenvalue weighted by atomic mass is 35.5. The van der Waals surface area contributed by atoms with Gasteiger partial charge in [-0.05, 0) is 36.4 Å². The van der Waals surface area contributed by atoms with Crippen molar-refractivity contribution >= 4 is 46.3 Å². The number of nitrogens with zero attached hydrogens (tertiary/aromatic N) is 4.